The molecule has 6 nitrogen and oxygen atoms in total. The molecule has 0 aromatic heterocycles. The topological polar surface area (TPSA) is 71.0 Å². The van der Waals surface area contributed by atoms with Gasteiger partial charge in [-0.3, -0.25) is 0 Å². The minimum atomic E-state index is -0.916. The van der Waals surface area contributed by atoms with Crippen LogP contribution in [0, 0.1) is 5.82 Å². The lowest BCUT2D eigenvalue weighted by molar-refractivity contribution is 0.124. The Morgan fingerprint density at radius 1 is 1.52 bits per heavy atom. The Morgan fingerprint density at radius 3 is 3.00 bits per heavy atom. The van der Waals surface area contributed by atoms with Crippen LogP contribution in [-0.2, 0) is 0 Å². The van der Waals surface area contributed by atoms with Gasteiger partial charge < -0.3 is 24.8 Å². The molecule has 116 valence electrons. The van der Waals surface area contributed by atoms with Crippen LogP contribution in [-0.4, -0.2) is 55.5 Å². The van der Waals surface area contributed by atoms with Gasteiger partial charge in [-0.1, -0.05) is 6.07 Å². The molecule has 1 atom stereocenters. The molecule has 1 aliphatic heterocycles. The van der Waals surface area contributed by atoms with Gasteiger partial charge in [-0.2, -0.15) is 4.39 Å². The van der Waals surface area contributed by atoms with Crippen LogP contribution in [0.25, 0.3) is 0 Å². The fourth-order valence-corrected chi connectivity index (χ4v) is 2.26. The van der Waals surface area contributed by atoms with Crippen molar-refractivity contribution in [3.05, 3.63) is 24.0 Å². The highest BCUT2D eigenvalue weighted by Gasteiger charge is 2.22. The molecule has 0 radical (unpaired) electrons. The third-order valence-corrected chi connectivity index (χ3v) is 3.40. The zero-order valence-corrected chi connectivity index (χ0v) is 11.8. The number of carbonyl (C=O) groups is 1. The summed E-state index contributed by atoms with van der Waals surface area (Å²) in [7, 11) is 1.40. The van der Waals surface area contributed by atoms with Crippen LogP contribution in [0.2, 0.25) is 0 Å². The average Bonchev–Trinajstić information content (AvgIpc) is 2.49. The Bertz CT molecular complexity index is 498. The molecule has 0 bridgehead atoms. The second-order valence-corrected chi connectivity index (χ2v) is 4.79. The highest BCUT2D eigenvalue weighted by molar-refractivity contribution is 5.65. The highest BCUT2D eigenvalue weighted by atomic mass is 19.1. The summed E-state index contributed by atoms with van der Waals surface area (Å²) in [6.07, 6.45) is -0.318. The van der Waals surface area contributed by atoms with Crippen LogP contribution in [0.3, 0.4) is 0 Å². The first-order chi connectivity index (χ1) is 10.1. The molecule has 2 rings (SSSR count). The van der Waals surface area contributed by atoms with Gasteiger partial charge in [0.2, 0.25) is 5.82 Å². The van der Waals surface area contributed by atoms with E-state index in [4.69, 9.17) is 14.6 Å². The number of piperazine rings is 1. The van der Waals surface area contributed by atoms with Crippen LogP contribution in [0.4, 0.5) is 9.18 Å². The van der Waals surface area contributed by atoms with E-state index >= 15 is 0 Å². The summed E-state index contributed by atoms with van der Waals surface area (Å²) in [5, 5.41) is 12.2. The molecule has 1 saturated heterocycles. The molecule has 0 unspecified atom stereocenters. The number of carboxylic acid groups (broad SMARTS) is 1. The largest absolute Gasteiger partial charge is 0.494 e. The van der Waals surface area contributed by atoms with E-state index in [0.717, 1.165) is 0 Å². The van der Waals surface area contributed by atoms with Gasteiger partial charge in [0.1, 0.15) is 0 Å². The van der Waals surface area contributed by atoms with Crippen molar-refractivity contribution in [1.82, 2.24) is 10.2 Å². The number of nitrogens with zero attached hydrogens (tertiary/aromatic N) is 1. The number of benzene rings is 1. The first-order valence-electron chi connectivity index (χ1n) is 6.78. The standard InChI is InChI=1S/C14H19FN2O4/c1-20-11-3-2-4-12(13(11)15)21-8-5-10-9-17(14(18)19)7-6-16-10/h2-4,10,16H,5-9H2,1H3,(H,18,19)/t10-/m1/s1. The van der Waals surface area contributed by atoms with E-state index < -0.39 is 11.9 Å². The Balaban J connectivity index is 1.83. The van der Waals surface area contributed by atoms with Gasteiger partial charge in [0, 0.05) is 25.7 Å². The van der Waals surface area contributed by atoms with Crippen LogP contribution >= 0.6 is 0 Å². The molecule has 21 heavy (non-hydrogen) atoms. The fourth-order valence-electron chi connectivity index (χ4n) is 2.26. The summed E-state index contributed by atoms with van der Waals surface area (Å²) in [5.41, 5.74) is 0. The molecule has 1 fully saturated rings. The normalized spacial score (nSPS) is 18.4. The van der Waals surface area contributed by atoms with Crippen LogP contribution in [0.15, 0.2) is 18.2 Å². The summed E-state index contributed by atoms with van der Waals surface area (Å²) < 4.78 is 24.2. The van der Waals surface area contributed by atoms with Gasteiger partial charge in [0.25, 0.3) is 0 Å². The van der Waals surface area contributed by atoms with Crippen molar-refractivity contribution in [1.29, 1.82) is 0 Å². The Morgan fingerprint density at radius 2 is 2.29 bits per heavy atom. The summed E-state index contributed by atoms with van der Waals surface area (Å²) in [5.74, 6) is -0.246. The molecule has 2 N–H and O–H groups in total. The number of rotatable bonds is 5. The van der Waals surface area contributed by atoms with Crippen LogP contribution < -0.4 is 14.8 Å². The number of halogens is 1. The summed E-state index contributed by atoms with van der Waals surface area (Å²) >= 11 is 0. The highest BCUT2D eigenvalue weighted by Crippen LogP contribution is 2.26. The van der Waals surface area contributed by atoms with E-state index in [1.165, 1.54) is 24.1 Å². The Hall–Kier alpha value is -2.02. The fraction of sp³-hybridized carbons (Fsp3) is 0.500. The zero-order chi connectivity index (χ0) is 15.2. The number of hydrogen-bond donors (Lipinski definition) is 2. The molecule has 0 spiro atoms. The van der Waals surface area contributed by atoms with Crippen molar-refractivity contribution in [3.63, 3.8) is 0 Å². The molecule has 7 heteroatoms. The minimum absolute atomic E-state index is 0.0171. The lowest BCUT2D eigenvalue weighted by Gasteiger charge is -2.31. The van der Waals surface area contributed by atoms with Crippen LogP contribution in [0.5, 0.6) is 11.5 Å². The maximum absolute atomic E-state index is 13.9. The monoisotopic (exact) mass is 298 g/mol. The SMILES string of the molecule is COc1cccc(OCC[C@@H]2CN(C(=O)O)CCN2)c1F. The van der Waals surface area contributed by atoms with E-state index in [-0.39, 0.29) is 17.5 Å². The van der Waals surface area contributed by atoms with E-state index in [0.29, 0.717) is 32.7 Å². The first kappa shape index (κ1) is 15.4. The van der Waals surface area contributed by atoms with Gasteiger partial charge >= 0.3 is 6.09 Å². The van der Waals surface area contributed by atoms with Gasteiger partial charge in [-0.15, -0.1) is 0 Å². The smallest absolute Gasteiger partial charge is 0.407 e. The summed E-state index contributed by atoms with van der Waals surface area (Å²) in [6.45, 7) is 1.82. The summed E-state index contributed by atoms with van der Waals surface area (Å²) in [4.78, 5) is 12.3. The molecule has 1 aromatic carbocycles. The Kier molecular flexibility index (Phi) is 5.21. The molecule has 0 aliphatic carbocycles. The van der Waals surface area contributed by atoms with Crippen molar-refractivity contribution < 1.29 is 23.8 Å². The van der Waals surface area contributed by atoms with Crippen molar-refractivity contribution in [2.45, 2.75) is 12.5 Å². The molecular weight excluding hydrogens is 279 g/mol. The third kappa shape index (κ3) is 3.98. The van der Waals surface area contributed by atoms with E-state index in [1.807, 2.05) is 0 Å². The van der Waals surface area contributed by atoms with Gasteiger partial charge in [-0.05, 0) is 18.6 Å². The quantitative estimate of drug-likeness (QED) is 0.863. The zero-order valence-electron chi connectivity index (χ0n) is 11.8. The van der Waals surface area contributed by atoms with E-state index in [1.54, 1.807) is 6.07 Å². The second kappa shape index (κ2) is 7.12. The number of nitrogens with one attached hydrogen (secondary N) is 1. The van der Waals surface area contributed by atoms with Crippen molar-refractivity contribution in [2.75, 3.05) is 33.4 Å². The van der Waals surface area contributed by atoms with Crippen molar-refractivity contribution in [3.8, 4) is 11.5 Å². The predicted molar refractivity (Wildman–Crippen MR) is 74.5 cm³/mol. The number of hydrogen-bond acceptors (Lipinski definition) is 4. The van der Waals surface area contributed by atoms with Gasteiger partial charge in [0.15, 0.2) is 11.5 Å². The molecule has 0 saturated carbocycles. The molecular formula is C14H19FN2O4. The van der Waals surface area contributed by atoms with Gasteiger partial charge in [-0.25, -0.2) is 4.79 Å². The van der Waals surface area contributed by atoms with Crippen molar-refractivity contribution in [2.24, 2.45) is 0 Å². The van der Waals surface area contributed by atoms with Crippen LogP contribution in [0.1, 0.15) is 6.42 Å². The third-order valence-electron chi connectivity index (χ3n) is 3.40. The molecule has 1 aliphatic rings. The lowest BCUT2D eigenvalue weighted by Crippen LogP contribution is -2.52. The number of amides is 1. The van der Waals surface area contributed by atoms with Gasteiger partial charge in [0.05, 0.1) is 13.7 Å². The summed E-state index contributed by atoms with van der Waals surface area (Å²) in [6, 6.07) is 4.73. The average molecular weight is 298 g/mol. The second-order valence-electron chi connectivity index (χ2n) is 4.79. The lowest BCUT2D eigenvalue weighted by atomic mass is 10.1. The van der Waals surface area contributed by atoms with Crippen molar-refractivity contribution >= 4 is 6.09 Å². The minimum Gasteiger partial charge on any atom is -0.494 e. The maximum Gasteiger partial charge on any atom is 0.407 e. The van der Waals surface area contributed by atoms with E-state index in [9.17, 15) is 9.18 Å². The Labute approximate surface area is 122 Å². The predicted octanol–water partition coefficient (Wildman–Crippen LogP) is 1.55. The molecule has 1 amide bonds. The number of methoxy groups -OCH3 is 1. The maximum atomic E-state index is 13.9. The molecule has 1 aromatic rings. The van der Waals surface area contributed by atoms with E-state index in [2.05, 4.69) is 5.32 Å². The first-order valence-corrected chi connectivity index (χ1v) is 6.78. The molecule has 1 heterocycles. The number of ether oxygens (including phenoxy) is 2.